The van der Waals surface area contributed by atoms with E-state index in [4.69, 9.17) is 4.42 Å². The van der Waals surface area contributed by atoms with Crippen LogP contribution in [-0.2, 0) is 6.54 Å². The van der Waals surface area contributed by atoms with Gasteiger partial charge in [0.25, 0.3) is 0 Å². The summed E-state index contributed by atoms with van der Waals surface area (Å²) in [6.45, 7) is 3.15. The molecule has 19 heavy (non-hydrogen) atoms. The maximum absolute atomic E-state index is 13.5. The van der Waals surface area contributed by atoms with Gasteiger partial charge in [-0.2, -0.15) is 0 Å². The number of hydrogen-bond donors (Lipinski definition) is 2. The Bertz CT molecular complexity index is 576. The highest BCUT2D eigenvalue weighted by Gasteiger charge is 2.11. The summed E-state index contributed by atoms with van der Waals surface area (Å²) in [6.07, 6.45) is 0. The maximum atomic E-state index is 13.5. The van der Waals surface area contributed by atoms with Crippen molar-refractivity contribution in [2.45, 2.75) is 13.5 Å². The lowest BCUT2D eigenvalue weighted by molar-refractivity contribution is 0.483. The largest absolute Gasteiger partial charge is 0.406 e. The third kappa shape index (κ3) is 3.48. The highest BCUT2D eigenvalue weighted by atomic mass is 79.9. The number of halogens is 3. The molecular weight excluding hydrogens is 322 g/mol. The van der Waals surface area contributed by atoms with Gasteiger partial charge >= 0.3 is 6.01 Å². The van der Waals surface area contributed by atoms with Gasteiger partial charge in [-0.25, -0.2) is 8.78 Å². The molecule has 1 aromatic carbocycles. The zero-order valence-corrected chi connectivity index (χ0v) is 11.6. The predicted octanol–water partition coefficient (Wildman–Crippen LogP) is 2.96. The topological polar surface area (TPSA) is 63.0 Å². The van der Waals surface area contributed by atoms with Crippen molar-refractivity contribution in [3.8, 4) is 0 Å². The first kappa shape index (κ1) is 13.9. The number of nitrogens with one attached hydrogen (secondary N) is 2. The van der Waals surface area contributed by atoms with E-state index in [0.29, 0.717) is 12.4 Å². The molecule has 0 atom stereocenters. The highest BCUT2D eigenvalue weighted by molar-refractivity contribution is 9.10. The van der Waals surface area contributed by atoms with Crippen molar-refractivity contribution < 1.29 is 13.2 Å². The zero-order chi connectivity index (χ0) is 13.8. The highest BCUT2D eigenvalue weighted by Crippen LogP contribution is 2.25. The average molecular weight is 333 g/mol. The molecule has 2 aromatic rings. The van der Waals surface area contributed by atoms with E-state index in [1.807, 2.05) is 6.92 Å². The summed E-state index contributed by atoms with van der Waals surface area (Å²) in [5, 5.41) is 13.1. The first-order valence-electron chi connectivity index (χ1n) is 5.54. The Hall–Kier alpha value is -1.54. The Kier molecular flexibility index (Phi) is 4.43. The van der Waals surface area contributed by atoms with Crippen molar-refractivity contribution in [3.05, 3.63) is 34.1 Å². The SMILES string of the molecule is CCNCc1nnc(Nc2cc(Br)c(F)cc2F)o1. The van der Waals surface area contributed by atoms with E-state index >= 15 is 0 Å². The Morgan fingerprint density at radius 2 is 2.05 bits per heavy atom. The average Bonchev–Trinajstić information content (AvgIpc) is 2.81. The van der Waals surface area contributed by atoms with E-state index in [1.165, 1.54) is 6.07 Å². The number of benzene rings is 1. The van der Waals surface area contributed by atoms with E-state index < -0.39 is 11.6 Å². The first-order chi connectivity index (χ1) is 9.10. The number of hydrogen-bond acceptors (Lipinski definition) is 5. The summed E-state index contributed by atoms with van der Waals surface area (Å²) in [5.74, 6) is -1.04. The predicted molar refractivity (Wildman–Crippen MR) is 69.0 cm³/mol. The molecule has 0 spiro atoms. The quantitative estimate of drug-likeness (QED) is 0.824. The lowest BCUT2D eigenvalue weighted by Gasteiger charge is -2.04. The Balaban J connectivity index is 2.12. The minimum atomic E-state index is -0.743. The summed E-state index contributed by atoms with van der Waals surface area (Å²) in [7, 11) is 0. The number of rotatable bonds is 5. The van der Waals surface area contributed by atoms with Crippen molar-refractivity contribution in [2.75, 3.05) is 11.9 Å². The Morgan fingerprint density at radius 3 is 2.79 bits per heavy atom. The lowest BCUT2D eigenvalue weighted by atomic mass is 10.3. The summed E-state index contributed by atoms with van der Waals surface area (Å²) in [4.78, 5) is 0. The minimum absolute atomic E-state index is 0.0466. The zero-order valence-electron chi connectivity index (χ0n) is 10.0. The lowest BCUT2D eigenvalue weighted by Crippen LogP contribution is -2.11. The van der Waals surface area contributed by atoms with Crippen LogP contribution in [0.4, 0.5) is 20.5 Å². The number of nitrogens with zero attached hydrogens (tertiary/aromatic N) is 2. The van der Waals surface area contributed by atoms with E-state index in [-0.39, 0.29) is 16.2 Å². The van der Waals surface area contributed by atoms with E-state index in [2.05, 4.69) is 36.8 Å². The molecule has 0 aliphatic carbocycles. The molecule has 0 amide bonds. The second kappa shape index (κ2) is 6.07. The van der Waals surface area contributed by atoms with Gasteiger partial charge in [-0.3, -0.25) is 0 Å². The van der Waals surface area contributed by atoms with Crippen LogP contribution < -0.4 is 10.6 Å². The molecule has 0 saturated carbocycles. The third-order valence-electron chi connectivity index (χ3n) is 2.24. The fourth-order valence-corrected chi connectivity index (χ4v) is 1.68. The molecule has 8 heteroatoms. The summed E-state index contributed by atoms with van der Waals surface area (Å²) in [6, 6.07) is 2.08. The van der Waals surface area contributed by atoms with Crippen LogP contribution >= 0.6 is 15.9 Å². The molecule has 1 aromatic heterocycles. The van der Waals surface area contributed by atoms with Crippen LogP contribution in [0.2, 0.25) is 0 Å². The molecule has 2 rings (SSSR count). The van der Waals surface area contributed by atoms with Crippen LogP contribution in [0.15, 0.2) is 21.0 Å². The standard InChI is InChI=1S/C11H11BrF2N4O/c1-2-15-5-10-17-18-11(19-10)16-9-3-6(12)7(13)4-8(9)14/h3-4,15H,2,5H2,1H3,(H,16,18). The second-order valence-electron chi connectivity index (χ2n) is 3.65. The number of aromatic nitrogens is 2. The fraction of sp³-hybridized carbons (Fsp3) is 0.273. The minimum Gasteiger partial charge on any atom is -0.406 e. The molecule has 1 heterocycles. The van der Waals surface area contributed by atoms with Gasteiger partial charge in [-0.15, -0.1) is 5.10 Å². The van der Waals surface area contributed by atoms with Gasteiger partial charge in [0, 0.05) is 6.07 Å². The van der Waals surface area contributed by atoms with Crippen molar-refractivity contribution in [1.82, 2.24) is 15.5 Å². The smallest absolute Gasteiger partial charge is 0.320 e. The number of anilines is 2. The monoisotopic (exact) mass is 332 g/mol. The Labute approximate surface area is 116 Å². The van der Waals surface area contributed by atoms with Gasteiger partial charge in [0.1, 0.15) is 11.6 Å². The van der Waals surface area contributed by atoms with Crippen LogP contribution in [0.3, 0.4) is 0 Å². The molecular formula is C11H11BrF2N4O. The van der Waals surface area contributed by atoms with Crippen LogP contribution in [-0.4, -0.2) is 16.7 Å². The van der Waals surface area contributed by atoms with Gasteiger partial charge in [0.2, 0.25) is 5.89 Å². The van der Waals surface area contributed by atoms with Crippen molar-refractivity contribution >= 4 is 27.6 Å². The van der Waals surface area contributed by atoms with Gasteiger partial charge < -0.3 is 15.1 Å². The molecule has 0 radical (unpaired) electrons. The van der Waals surface area contributed by atoms with Gasteiger partial charge in [0.15, 0.2) is 0 Å². The molecule has 5 nitrogen and oxygen atoms in total. The maximum Gasteiger partial charge on any atom is 0.320 e. The van der Waals surface area contributed by atoms with E-state index in [9.17, 15) is 8.78 Å². The van der Waals surface area contributed by atoms with Crippen LogP contribution in [0, 0.1) is 11.6 Å². The molecule has 2 N–H and O–H groups in total. The van der Waals surface area contributed by atoms with Gasteiger partial charge in [-0.05, 0) is 28.5 Å². The summed E-state index contributed by atoms with van der Waals surface area (Å²) in [5.41, 5.74) is 0.0481. The first-order valence-corrected chi connectivity index (χ1v) is 6.34. The van der Waals surface area contributed by atoms with Crippen molar-refractivity contribution in [2.24, 2.45) is 0 Å². The molecule has 0 bridgehead atoms. The summed E-state index contributed by atoms with van der Waals surface area (Å²) < 4.78 is 32.0. The van der Waals surface area contributed by atoms with Crippen molar-refractivity contribution in [3.63, 3.8) is 0 Å². The van der Waals surface area contributed by atoms with Crippen LogP contribution in [0.1, 0.15) is 12.8 Å². The van der Waals surface area contributed by atoms with Crippen LogP contribution in [0.25, 0.3) is 0 Å². The second-order valence-corrected chi connectivity index (χ2v) is 4.51. The van der Waals surface area contributed by atoms with Crippen molar-refractivity contribution in [1.29, 1.82) is 0 Å². The van der Waals surface area contributed by atoms with E-state index in [1.54, 1.807) is 0 Å². The fourth-order valence-electron chi connectivity index (χ4n) is 1.34. The molecule has 0 fully saturated rings. The van der Waals surface area contributed by atoms with Gasteiger partial charge in [0.05, 0.1) is 16.7 Å². The molecule has 102 valence electrons. The molecule has 0 unspecified atom stereocenters. The Morgan fingerprint density at radius 1 is 1.26 bits per heavy atom. The van der Waals surface area contributed by atoms with Gasteiger partial charge in [-0.1, -0.05) is 12.0 Å². The summed E-state index contributed by atoms with van der Waals surface area (Å²) >= 11 is 2.97. The molecule has 0 saturated heterocycles. The molecule has 0 aliphatic rings. The van der Waals surface area contributed by atoms with E-state index in [0.717, 1.165) is 12.6 Å². The normalized spacial score (nSPS) is 10.7. The van der Waals surface area contributed by atoms with Crippen LogP contribution in [0.5, 0.6) is 0 Å². The molecule has 0 aliphatic heterocycles. The third-order valence-corrected chi connectivity index (χ3v) is 2.85.